The fraction of sp³-hybridized carbons (Fsp3) is 0.250. The van der Waals surface area contributed by atoms with Crippen molar-refractivity contribution >= 4 is 0 Å². The Morgan fingerprint density at radius 1 is 1.22 bits per heavy atom. The summed E-state index contributed by atoms with van der Waals surface area (Å²) in [6, 6.07) is 14.4. The molecule has 0 aliphatic rings. The average Bonchev–Trinajstić information content (AvgIpc) is 2.94. The first-order chi connectivity index (χ1) is 8.81. The van der Waals surface area contributed by atoms with E-state index >= 15 is 0 Å². The minimum atomic E-state index is 0.165. The lowest BCUT2D eigenvalue weighted by molar-refractivity contribution is 0.360. The van der Waals surface area contributed by atoms with Gasteiger partial charge in [0.25, 0.3) is 0 Å². The second-order valence-corrected chi connectivity index (χ2v) is 4.45. The molecule has 2 aromatic rings. The molecule has 0 aliphatic carbocycles. The zero-order chi connectivity index (χ0) is 12.8. The Labute approximate surface area is 108 Å². The summed E-state index contributed by atoms with van der Waals surface area (Å²) in [6.07, 6.45) is 3.66. The third-order valence-electron chi connectivity index (χ3n) is 3.12. The predicted molar refractivity (Wildman–Crippen MR) is 74.1 cm³/mol. The van der Waals surface area contributed by atoms with Crippen molar-refractivity contribution in [3.63, 3.8) is 0 Å². The molecule has 0 aliphatic heterocycles. The molecule has 2 rings (SSSR count). The average molecular weight is 241 g/mol. The van der Waals surface area contributed by atoms with E-state index in [0.717, 1.165) is 12.3 Å². The lowest BCUT2D eigenvalue weighted by Gasteiger charge is -2.21. The van der Waals surface area contributed by atoms with Crippen molar-refractivity contribution < 1.29 is 4.42 Å². The molecule has 18 heavy (non-hydrogen) atoms. The first-order valence-electron chi connectivity index (χ1n) is 6.24. The largest absolute Gasteiger partial charge is 0.468 e. The van der Waals surface area contributed by atoms with Crippen molar-refractivity contribution in [1.82, 2.24) is 5.32 Å². The fourth-order valence-corrected chi connectivity index (χ4v) is 1.97. The van der Waals surface area contributed by atoms with Gasteiger partial charge in [-0.1, -0.05) is 43.3 Å². The number of furan rings is 1. The van der Waals surface area contributed by atoms with Crippen LogP contribution in [0.4, 0.5) is 0 Å². The second kappa shape index (κ2) is 6.22. The Hall–Kier alpha value is -1.80. The molecule has 2 atom stereocenters. The molecule has 94 valence electrons. The zero-order valence-electron chi connectivity index (χ0n) is 10.7. The Morgan fingerprint density at radius 3 is 2.61 bits per heavy atom. The Balaban J connectivity index is 2.05. The second-order valence-electron chi connectivity index (χ2n) is 4.45. The maximum atomic E-state index is 5.50. The van der Waals surface area contributed by atoms with E-state index < -0.39 is 0 Å². The Morgan fingerprint density at radius 2 is 2.00 bits per heavy atom. The smallest absolute Gasteiger partial charge is 0.121 e. The highest BCUT2D eigenvalue weighted by molar-refractivity contribution is 5.15. The van der Waals surface area contributed by atoms with E-state index in [0.29, 0.717) is 5.92 Å². The van der Waals surface area contributed by atoms with Crippen LogP contribution >= 0.6 is 0 Å². The van der Waals surface area contributed by atoms with Crippen LogP contribution in [0, 0.1) is 5.92 Å². The van der Waals surface area contributed by atoms with Gasteiger partial charge in [0.15, 0.2) is 0 Å². The summed E-state index contributed by atoms with van der Waals surface area (Å²) >= 11 is 0. The van der Waals surface area contributed by atoms with Gasteiger partial charge in [0, 0.05) is 6.54 Å². The predicted octanol–water partition coefficient (Wildman–Crippen LogP) is 3.93. The molecule has 0 saturated carbocycles. The standard InChI is InChI=1S/C16H19NO/c1-3-13(2)16(15-10-7-11-18-15)17-12-14-8-5-4-6-9-14/h3-11,13,16-17H,1,12H2,2H3. The maximum Gasteiger partial charge on any atom is 0.121 e. The van der Waals surface area contributed by atoms with Crippen molar-refractivity contribution in [3.05, 3.63) is 72.7 Å². The fourth-order valence-electron chi connectivity index (χ4n) is 1.97. The lowest BCUT2D eigenvalue weighted by atomic mass is 9.99. The van der Waals surface area contributed by atoms with Gasteiger partial charge < -0.3 is 9.73 Å². The Kier molecular flexibility index (Phi) is 4.37. The molecule has 0 fully saturated rings. The molecular formula is C16H19NO. The quantitative estimate of drug-likeness (QED) is 0.775. The molecular weight excluding hydrogens is 222 g/mol. The van der Waals surface area contributed by atoms with Gasteiger partial charge in [-0.3, -0.25) is 0 Å². The van der Waals surface area contributed by atoms with Gasteiger partial charge in [-0.25, -0.2) is 0 Å². The first-order valence-corrected chi connectivity index (χ1v) is 6.24. The number of hydrogen-bond acceptors (Lipinski definition) is 2. The molecule has 1 aromatic heterocycles. The minimum absolute atomic E-state index is 0.165. The van der Waals surface area contributed by atoms with E-state index in [1.807, 2.05) is 24.3 Å². The third-order valence-corrected chi connectivity index (χ3v) is 3.12. The van der Waals surface area contributed by atoms with Gasteiger partial charge in [-0.2, -0.15) is 0 Å². The molecule has 1 aromatic carbocycles. The van der Waals surface area contributed by atoms with Crippen LogP contribution in [-0.4, -0.2) is 0 Å². The molecule has 0 spiro atoms. The number of nitrogens with one attached hydrogen (secondary N) is 1. The first kappa shape index (κ1) is 12.7. The zero-order valence-corrected chi connectivity index (χ0v) is 10.7. The van der Waals surface area contributed by atoms with E-state index in [2.05, 4.69) is 43.1 Å². The van der Waals surface area contributed by atoms with Gasteiger partial charge >= 0.3 is 0 Å². The molecule has 0 radical (unpaired) electrons. The SMILES string of the molecule is C=CC(C)C(NCc1ccccc1)c1ccco1. The van der Waals surface area contributed by atoms with Gasteiger partial charge in [0.1, 0.15) is 5.76 Å². The Bertz CT molecular complexity index is 461. The summed E-state index contributed by atoms with van der Waals surface area (Å²) < 4.78 is 5.50. The van der Waals surface area contributed by atoms with Crippen LogP contribution in [0.15, 0.2) is 65.8 Å². The van der Waals surface area contributed by atoms with E-state index in [4.69, 9.17) is 4.42 Å². The molecule has 1 N–H and O–H groups in total. The highest BCUT2D eigenvalue weighted by Gasteiger charge is 2.18. The molecule has 2 heteroatoms. The van der Waals surface area contributed by atoms with Crippen LogP contribution in [0.5, 0.6) is 0 Å². The van der Waals surface area contributed by atoms with Crippen LogP contribution in [0.2, 0.25) is 0 Å². The summed E-state index contributed by atoms with van der Waals surface area (Å²) in [6.45, 7) is 6.83. The highest BCUT2D eigenvalue weighted by atomic mass is 16.3. The summed E-state index contributed by atoms with van der Waals surface area (Å²) in [5.74, 6) is 1.28. The van der Waals surface area contributed by atoms with E-state index in [9.17, 15) is 0 Å². The molecule has 0 saturated heterocycles. The van der Waals surface area contributed by atoms with Gasteiger partial charge in [-0.05, 0) is 23.6 Å². The topological polar surface area (TPSA) is 25.2 Å². The van der Waals surface area contributed by atoms with Crippen molar-refractivity contribution in [2.75, 3.05) is 0 Å². The van der Waals surface area contributed by atoms with Crippen molar-refractivity contribution in [3.8, 4) is 0 Å². The van der Waals surface area contributed by atoms with E-state index in [-0.39, 0.29) is 6.04 Å². The van der Waals surface area contributed by atoms with Crippen molar-refractivity contribution in [2.24, 2.45) is 5.92 Å². The normalized spacial score (nSPS) is 14.1. The van der Waals surface area contributed by atoms with Crippen LogP contribution in [-0.2, 0) is 6.54 Å². The van der Waals surface area contributed by atoms with Crippen LogP contribution in [0.25, 0.3) is 0 Å². The van der Waals surface area contributed by atoms with Crippen molar-refractivity contribution in [1.29, 1.82) is 0 Å². The summed E-state index contributed by atoms with van der Waals surface area (Å²) in [4.78, 5) is 0. The van der Waals surface area contributed by atoms with Crippen LogP contribution in [0.3, 0.4) is 0 Å². The number of hydrogen-bond donors (Lipinski definition) is 1. The highest BCUT2D eigenvalue weighted by Crippen LogP contribution is 2.23. The van der Waals surface area contributed by atoms with Crippen LogP contribution < -0.4 is 5.32 Å². The van der Waals surface area contributed by atoms with Gasteiger partial charge in [0.2, 0.25) is 0 Å². The van der Waals surface area contributed by atoms with Crippen molar-refractivity contribution in [2.45, 2.75) is 19.5 Å². The molecule has 2 nitrogen and oxygen atoms in total. The summed E-state index contributed by atoms with van der Waals surface area (Å²) in [7, 11) is 0. The maximum absolute atomic E-state index is 5.50. The third kappa shape index (κ3) is 3.11. The molecule has 1 heterocycles. The minimum Gasteiger partial charge on any atom is -0.468 e. The number of rotatable bonds is 6. The number of benzene rings is 1. The van der Waals surface area contributed by atoms with E-state index in [1.165, 1.54) is 5.56 Å². The van der Waals surface area contributed by atoms with Gasteiger partial charge in [0.05, 0.1) is 12.3 Å². The van der Waals surface area contributed by atoms with E-state index in [1.54, 1.807) is 6.26 Å². The van der Waals surface area contributed by atoms with Gasteiger partial charge in [-0.15, -0.1) is 6.58 Å². The molecule has 2 unspecified atom stereocenters. The monoisotopic (exact) mass is 241 g/mol. The van der Waals surface area contributed by atoms with Crippen LogP contribution in [0.1, 0.15) is 24.3 Å². The molecule has 0 bridgehead atoms. The lowest BCUT2D eigenvalue weighted by Crippen LogP contribution is -2.25. The molecule has 0 amide bonds. The summed E-state index contributed by atoms with van der Waals surface area (Å²) in [5.41, 5.74) is 1.27. The summed E-state index contributed by atoms with van der Waals surface area (Å²) in [5, 5.41) is 3.52.